The number of phenolic OH excluding ortho intramolecular Hbond substituents is 2. The zero-order valence-corrected chi connectivity index (χ0v) is 75.1. The molecular formula is C84H112N24O27. The van der Waals surface area contributed by atoms with Gasteiger partial charge in [0.15, 0.2) is 11.6 Å². The summed E-state index contributed by atoms with van der Waals surface area (Å²) in [6.07, 6.45) is 1.38. The van der Waals surface area contributed by atoms with Crippen LogP contribution in [-0.4, -0.2) is 274 Å². The number of carbonyl (C=O) groups excluding carboxylic acids is 17. The van der Waals surface area contributed by atoms with Gasteiger partial charge in [0, 0.05) is 92.5 Å². The number of hydrazine groups is 1. The largest absolute Gasteiger partial charge is 0.508 e. The van der Waals surface area contributed by atoms with Gasteiger partial charge >= 0.3 is 29.9 Å². The lowest BCUT2D eigenvalue weighted by Gasteiger charge is -2.36. The number of aromatic hydroxyl groups is 2. The summed E-state index contributed by atoms with van der Waals surface area (Å²) in [4.78, 5) is 283. The standard InChI is InChI=1S/C84H112N24O27/c1-11-38(4)66(79(129)107-108(10)83(133)104-55(22-25-64(115)116)74(124)95-39(5)67(117)91-34-62(112)99-56(80(130)131)13-12-26-90-82(86)87)106-75(125)54(21-24-63(113)114)100-69(119)42(8)98-76(126)57(28-45-32-88-35-92-45)102-70(120)41(7)94-68(118)40(6)97-77(127)58(29-46-33-89-36-93-46)103-78(128)65(37(2)3)105-71(121)43(9)96-73(123)53(20-23-61(85)111)101-72(122)44-14-17-49-52(27-44)84(135-81(49)132)50-18-15-47(109)30-59(50)134-60-31-48(110)16-19-51(60)84/h14-19,27,30-33,35-43,53-58,65-66,109-110H,11-13,20-26,28-29,34H2,1-10H3,(H2,85,111)(H,88,92)(H,89,93)(H,91,117)(H,94,118)(H,95,124)(H,96,123)(H,97,127)(H,98,126)(H,99,112)(H,100,119)(H,101,122)(H,102,120)(H,103,128)(H,104,133)(H,105,121)(H,106,125)(H,107,129)(H,113,114)(H,115,116)(H,130,131)(H4,86,87,90)/t38-,39-,40-,41-,42-,43-,53-,54-,55-,56-,57-,58-,65-,66-/m0/s1. The van der Waals surface area contributed by atoms with E-state index in [1.54, 1.807) is 20.8 Å². The molecule has 0 bridgehead atoms. The van der Waals surface area contributed by atoms with Crippen LogP contribution < -0.4 is 101 Å². The molecule has 730 valence electrons. The Kier molecular flexibility index (Phi) is 38.3. The van der Waals surface area contributed by atoms with Crippen LogP contribution in [0.4, 0.5) is 4.79 Å². The lowest BCUT2D eigenvalue weighted by Crippen LogP contribution is -2.61. The number of fused-ring (bicyclic) bond motifs is 6. The number of ether oxygens (including phenoxy) is 2. The molecule has 7 rings (SSSR count). The number of urea groups is 1. The molecule has 28 N–H and O–H groups in total. The van der Waals surface area contributed by atoms with Crippen LogP contribution in [0, 0.1) is 17.2 Å². The van der Waals surface area contributed by atoms with Gasteiger partial charge in [0.05, 0.1) is 36.2 Å². The number of hydrogen-bond donors (Lipinski definition) is 26. The summed E-state index contributed by atoms with van der Waals surface area (Å²) in [7, 11) is 0.997. The smallest absolute Gasteiger partial charge is 0.340 e. The predicted octanol–water partition coefficient (Wildman–Crippen LogP) is -4.67. The van der Waals surface area contributed by atoms with Crippen molar-refractivity contribution in [1.82, 2.24) is 110 Å². The molecule has 135 heavy (non-hydrogen) atoms. The summed E-state index contributed by atoms with van der Waals surface area (Å²) in [6.45, 7) is 11.6. The Labute approximate surface area is 770 Å². The van der Waals surface area contributed by atoms with Crippen molar-refractivity contribution in [3.8, 4) is 23.0 Å². The second-order valence-electron chi connectivity index (χ2n) is 32.4. The fourth-order valence-electron chi connectivity index (χ4n) is 13.8. The summed E-state index contributed by atoms with van der Waals surface area (Å²) in [5, 5.41) is 93.4. The molecule has 0 unspecified atom stereocenters. The van der Waals surface area contributed by atoms with E-state index in [4.69, 9.17) is 26.4 Å². The lowest BCUT2D eigenvalue weighted by atomic mass is 9.77. The van der Waals surface area contributed by atoms with Crippen LogP contribution in [0.1, 0.15) is 169 Å². The number of rotatable bonds is 49. The molecular weight excluding hydrogens is 1780 g/mol. The van der Waals surface area contributed by atoms with Crippen molar-refractivity contribution in [2.24, 2.45) is 23.3 Å². The molecule has 4 heterocycles. The van der Waals surface area contributed by atoms with Crippen molar-refractivity contribution in [3.63, 3.8) is 0 Å². The van der Waals surface area contributed by atoms with Crippen molar-refractivity contribution >= 4 is 124 Å². The Morgan fingerprint density at radius 2 is 0.926 bits per heavy atom. The number of nitrogens with one attached hydrogen (secondary N) is 19. The lowest BCUT2D eigenvalue weighted by molar-refractivity contribution is -0.142. The third-order valence-electron chi connectivity index (χ3n) is 21.5. The number of carboxylic acids is 3. The Balaban J connectivity index is 0.938. The first-order chi connectivity index (χ1) is 63.6. The maximum absolute atomic E-state index is 14.4. The Morgan fingerprint density at radius 1 is 0.481 bits per heavy atom. The number of carboxylic acid groups (broad SMARTS) is 3. The number of aromatic nitrogens is 4. The summed E-state index contributed by atoms with van der Waals surface area (Å²) >= 11 is 0. The van der Waals surface area contributed by atoms with E-state index in [1.807, 2.05) is 0 Å². The third kappa shape index (κ3) is 30.3. The first kappa shape index (κ1) is 106. The van der Waals surface area contributed by atoms with Gasteiger partial charge in [0.1, 0.15) is 102 Å². The number of carbonyl (C=O) groups is 20. The van der Waals surface area contributed by atoms with Gasteiger partial charge in [-0.05, 0) is 121 Å². The van der Waals surface area contributed by atoms with Gasteiger partial charge in [0.25, 0.3) is 11.8 Å². The van der Waals surface area contributed by atoms with Crippen molar-refractivity contribution in [1.29, 1.82) is 5.41 Å². The summed E-state index contributed by atoms with van der Waals surface area (Å²) < 4.78 is 12.1. The molecule has 51 nitrogen and oxygen atoms in total. The van der Waals surface area contributed by atoms with Crippen molar-refractivity contribution in [2.75, 3.05) is 20.1 Å². The molecule has 2 aliphatic heterocycles. The molecule has 17 amide bonds. The van der Waals surface area contributed by atoms with Gasteiger partial charge in [0.2, 0.25) is 76.8 Å². The maximum atomic E-state index is 14.4. The number of aliphatic carboxylic acids is 3. The predicted molar refractivity (Wildman–Crippen MR) is 468 cm³/mol. The van der Waals surface area contributed by atoms with E-state index in [2.05, 4.69) is 105 Å². The monoisotopic (exact) mass is 1890 g/mol. The number of guanidine groups is 1. The van der Waals surface area contributed by atoms with E-state index in [-0.39, 0.29) is 107 Å². The van der Waals surface area contributed by atoms with Crippen LogP contribution in [0.2, 0.25) is 0 Å². The van der Waals surface area contributed by atoms with Crippen LogP contribution in [0.3, 0.4) is 0 Å². The van der Waals surface area contributed by atoms with Crippen LogP contribution in [0.15, 0.2) is 79.6 Å². The van der Waals surface area contributed by atoms with E-state index in [1.165, 1.54) is 114 Å². The highest BCUT2D eigenvalue weighted by atomic mass is 16.6. The first-order valence-corrected chi connectivity index (χ1v) is 42.6. The van der Waals surface area contributed by atoms with Crippen LogP contribution in [-0.2, 0) is 105 Å². The number of benzene rings is 3. The number of aromatic amines is 2. The molecule has 0 aliphatic carbocycles. The number of primary amides is 1. The molecule has 14 atom stereocenters. The Morgan fingerprint density at radius 3 is 1.40 bits per heavy atom. The molecule has 0 fully saturated rings. The van der Waals surface area contributed by atoms with Crippen molar-refractivity contribution in [3.05, 3.63) is 119 Å². The number of nitrogens with zero attached hydrogens (tertiary/aromatic N) is 3. The first-order valence-electron chi connectivity index (χ1n) is 42.6. The zero-order valence-electron chi connectivity index (χ0n) is 75.1. The molecule has 1 spiro atoms. The number of phenols is 2. The molecule has 2 aromatic heterocycles. The van der Waals surface area contributed by atoms with E-state index in [0.717, 1.165) is 14.0 Å². The fraction of sp³-hybridized carbons (Fsp3) is 0.464. The molecule has 0 radical (unpaired) electrons. The van der Waals surface area contributed by atoms with E-state index in [0.29, 0.717) is 5.01 Å². The minimum atomic E-state index is -1.79. The quantitative estimate of drug-likeness (QED) is 0.00572. The highest BCUT2D eigenvalue weighted by Crippen LogP contribution is 2.57. The van der Waals surface area contributed by atoms with Crippen molar-refractivity contribution in [2.45, 2.75) is 217 Å². The topological polar surface area (TPSA) is 790 Å². The number of H-pyrrole nitrogens is 2. The van der Waals surface area contributed by atoms with Gasteiger partial charge in [-0.15, -0.1) is 0 Å². The second-order valence-corrected chi connectivity index (χ2v) is 32.4. The average Bonchev–Trinajstić information content (AvgIpc) is 1.55. The zero-order chi connectivity index (χ0) is 100. The van der Waals surface area contributed by atoms with E-state index in [9.17, 15) is 121 Å². The Bertz CT molecular complexity index is 5210. The van der Waals surface area contributed by atoms with Gasteiger partial charge in [-0.3, -0.25) is 92.3 Å². The van der Waals surface area contributed by atoms with Crippen molar-refractivity contribution < 1.29 is 131 Å². The normalized spacial score (nSPS) is 15.0. The third-order valence-corrected chi connectivity index (χ3v) is 21.5. The minimum absolute atomic E-state index is 0.0324. The molecule has 51 heteroatoms. The van der Waals surface area contributed by atoms with Gasteiger partial charge < -0.3 is 136 Å². The van der Waals surface area contributed by atoms with Crippen LogP contribution in [0.5, 0.6) is 23.0 Å². The molecule has 5 aromatic rings. The van der Waals surface area contributed by atoms with Crippen LogP contribution in [0.25, 0.3) is 0 Å². The fourth-order valence-corrected chi connectivity index (χ4v) is 13.8. The van der Waals surface area contributed by atoms with E-state index < -0.39 is 260 Å². The highest BCUT2D eigenvalue weighted by Gasteiger charge is 2.54. The molecule has 0 saturated carbocycles. The highest BCUT2D eigenvalue weighted by molar-refractivity contribution is 6.04. The number of imidazole rings is 2. The second kappa shape index (κ2) is 48.7. The number of amides is 17. The number of nitrogens with two attached hydrogens (primary N) is 2. The molecule has 3 aromatic carbocycles. The Hall–Kier alpha value is -16.1. The number of hydrogen-bond acceptors (Lipinski definition) is 27. The number of esters is 1. The van der Waals surface area contributed by atoms with Gasteiger partial charge in [-0.2, -0.15) is 0 Å². The van der Waals surface area contributed by atoms with E-state index >= 15 is 0 Å². The van der Waals surface area contributed by atoms with Gasteiger partial charge in [-0.25, -0.2) is 29.4 Å². The summed E-state index contributed by atoms with van der Waals surface area (Å²) in [5.74, 6) is -22.3. The summed E-state index contributed by atoms with van der Waals surface area (Å²) in [6, 6.07) is -9.32. The maximum Gasteiger partial charge on any atom is 0.340 e. The average molecular weight is 1890 g/mol. The minimum Gasteiger partial charge on any atom is -0.508 e. The molecule has 2 aliphatic rings. The summed E-state index contributed by atoms with van der Waals surface area (Å²) in [5.41, 5.74) is 12.1. The van der Waals surface area contributed by atoms with Crippen LogP contribution >= 0.6 is 0 Å². The van der Waals surface area contributed by atoms with Gasteiger partial charge in [-0.1, -0.05) is 34.1 Å². The SMILES string of the molecule is CC[C@H](C)[C@H](NC(=O)[C@H](CCC(=O)O)NC(=O)[C@H](C)NC(=O)[C@H](Cc1c[nH]cn1)NC(=O)[C@H](C)NC(=O)[C@H](C)NC(=O)[C@H](Cc1c[nH]cn1)NC(=O)[C@@H](NC(=O)[C@H](C)NC(=O)[C@H](CCC(N)=O)NC(=O)c1ccc2c(c1)C1(OC2=O)c2ccc(O)cc2Oc2cc(O)ccc21)C(C)C)C(=O)NN(C)C(=O)N[C@@H](CCC(=O)O)C(=O)N[C@@H](C)C(=O)NCC(=O)N[C@@H](CCCNC(=N)N)C(=O)O. The molecule has 0 saturated heterocycles.